The first-order valence-electron chi connectivity index (χ1n) is 6.19. The minimum absolute atomic E-state index is 0.735. The van der Waals surface area contributed by atoms with Gasteiger partial charge in [-0.3, -0.25) is 9.78 Å². The van der Waals surface area contributed by atoms with Crippen LogP contribution in [-0.4, -0.2) is 20.0 Å². The summed E-state index contributed by atoms with van der Waals surface area (Å²) >= 11 is 6.60. The predicted octanol–water partition coefficient (Wildman–Crippen LogP) is 3.40. The molecular formula is C12H18N4S2. The Morgan fingerprint density at radius 2 is 2.17 bits per heavy atom. The number of aryl methyl sites for hydroxylation is 2. The number of aromatic nitrogens is 4. The zero-order chi connectivity index (χ0) is 13.1. The highest BCUT2D eigenvalue weighted by atomic mass is 32.1. The van der Waals surface area contributed by atoms with Crippen molar-refractivity contribution in [2.24, 2.45) is 0 Å². The fraction of sp³-hybridized carbons (Fsp3) is 0.583. The number of hydrogen-bond acceptors (Lipinski definition) is 4. The van der Waals surface area contributed by atoms with Crippen LogP contribution in [0.15, 0.2) is 0 Å². The molecule has 18 heavy (non-hydrogen) atoms. The second-order valence-electron chi connectivity index (χ2n) is 4.41. The molecule has 0 aliphatic carbocycles. The first-order chi connectivity index (χ1) is 8.61. The first kappa shape index (κ1) is 13.4. The minimum Gasteiger partial charge on any atom is -0.269 e. The number of H-pyrrole nitrogens is 1. The molecule has 4 nitrogen and oxygen atoms in total. The number of nitrogens with one attached hydrogen (secondary N) is 1. The van der Waals surface area contributed by atoms with Crippen molar-refractivity contribution in [1.82, 2.24) is 20.0 Å². The van der Waals surface area contributed by atoms with E-state index in [9.17, 15) is 0 Å². The maximum Gasteiger partial charge on any atom is 0.176 e. The third-order valence-electron chi connectivity index (χ3n) is 3.07. The number of unbranched alkanes of at least 4 members (excludes halogenated alkanes) is 1. The lowest BCUT2D eigenvalue weighted by Crippen LogP contribution is -2.02. The molecule has 0 fully saturated rings. The topological polar surface area (TPSA) is 46.5 Å². The summed E-state index contributed by atoms with van der Waals surface area (Å²) in [5, 5.41) is 12.7. The molecule has 1 N–H and O–H groups in total. The van der Waals surface area contributed by atoms with Gasteiger partial charge in [-0.05, 0) is 32.5 Å². The summed E-state index contributed by atoms with van der Waals surface area (Å²) in [7, 11) is 0. The van der Waals surface area contributed by atoms with E-state index in [1.807, 2.05) is 0 Å². The molecule has 0 amide bonds. The quantitative estimate of drug-likeness (QED) is 0.855. The van der Waals surface area contributed by atoms with Crippen LogP contribution in [0.1, 0.15) is 41.7 Å². The van der Waals surface area contributed by atoms with Crippen LogP contribution in [0.3, 0.4) is 0 Å². The molecule has 0 radical (unpaired) electrons. The van der Waals surface area contributed by atoms with Gasteiger partial charge >= 0.3 is 0 Å². The fourth-order valence-corrected chi connectivity index (χ4v) is 2.95. The van der Waals surface area contributed by atoms with Gasteiger partial charge in [0.25, 0.3) is 0 Å². The van der Waals surface area contributed by atoms with Gasteiger partial charge in [0.05, 0.1) is 5.69 Å². The molecule has 0 saturated carbocycles. The van der Waals surface area contributed by atoms with Crippen LogP contribution in [0.4, 0.5) is 0 Å². The molecule has 6 heteroatoms. The molecule has 0 saturated heterocycles. The van der Waals surface area contributed by atoms with Gasteiger partial charge < -0.3 is 0 Å². The van der Waals surface area contributed by atoms with Crippen LogP contribution in [0, 0.1) is 17.8 Å². The Kier molecular flexibility index (Phi) is 4.29. The van der Waals surface area contributed by atoms with Gasteiger partial charge in [0.2, 0.25) is 0 Å². The van der Waals surface area contributed by atoms with Gasteiger partial charge in [-0.1, -0.05) is 24.7 Å². The Labute approximate surface area is 116 Å². The highest BCUT2D eigenvalue weighted by Crippen LogP contribution is 2.19. The van der Waals surface area contributed by atoms with E-state index in [0.717, 1.165) is 27.6 Å². The number of rotatable bonds is 5. The lowest BCUT2D eigenvalue weighted by molar-refractivity contribution is 0.555. The number of nitrogens with zero attached hydrogens (tertiary/aromatic N) is 3. The van der Waals surface area contributed by atoms with Gasteiger partial charge in [0, 0.05) is 24.2 Å². The van der Waals surface area contributed by atoms with E-state index in [2.05, 4.69) is 40.7 Å². The maximum atomic E-state index is 5.06. The number of aromatic amines is 1. The van der Waals surface area contributed by atoms with E-state index in [0.29, 0.717) is 0 Å². The van der Waals surface area contributed by atoms with Crippen molar-refractivity contribution in [2.45, 2.75) is 46.6 Å². The van der Waals surface area contributed by atoms with Gasteiger partial charge in [-0.2, -0.15) is 10.2 Å². The van der Waals surface area contributed by atoms with Crippen molar-refractivity contribution < 1.29 is 0 Å². The Bertz CT molecular complexity index is 579. The smallest absolute Gasteiger partial charge is 0.176 e. The summed E-state index contributed by atoms with van der Waals surface area (Å²) in [5.74, 6) is 0. The van der Waals surface area contributed by atoms with E-state index < -0.39 is 0 Å². The van der Waals surface area contributed by atoms with E-state index in [1.165, 1.54) is 35.4 Å². The summed E-state index contributed by atoms with van der Waals surface area (Å²) in [4.78, 5) is 0. The average molecular weight is 282 g/mol. The molecular weight excluding hydrogens is 264 g/mol. The van der Waals surface area contributed by atoms with Crippen LogP contribution >= 0.6 is 23.6 Å². The summed E-state index contributed by atoms with van der Waals surface area (Å²) in [6.45, 7) is 7.40. The van der Waals surface area contributed by atoms with Crippen LogP contribution in [0.25, 0.3) is 0 Å². The van der Waals surface area contributed by atoms with E-state index in [-0.39, 0.29) is 0 Å². The van der Waals surface area contributed by atoms with Crippen LogP contribution in [0.5, 0.6) is 0 Å². The second kappa shape index (κ2) is 5.75. The molecule has 0 aromatic carbocycles. The first-order valence-corrected chi connectivity index (χ1v) is 7.41. The maximum absolute atomic E-state index is 5.06. The van der Waals surface area contributed by atoms with Gasteiger partial charge in [0.1, 0.15) is 5.01 Å². The van der Waals surface area contributed by atoms with Gasteiger partial charge in [0.15, 0.2) is 3.95 Å². The Balaban J connectivity index is 2.22. The van der Waals surface area contributed by atoms with Crippen LogP contribution in [0.2, 0.25) is 0 Å². The van der Waals surface area contributed by atoms with Crippen molar-refractivity contribution in [3.63, 3.8) is 0 Å². The Morgan fingerprint density at radius 3 is 2.78 bits per heavy atom. The highest BCUT2D eigenvalue weighted by Gasteiger charge is 2.13. The molecule has 0 spiro atoms. The average Bonchev–Trinajstić information content (AvgIpc) is 2.86. The SMILES string of the molecule is CCCCn1nc(C)c(Cc2n[nH]c(=S)s2)c1C. The van der Waals surface area contributed by atoms with Crippen LogP contribution < -0.4 is 0 Å². The molecule has 0 aliphatic rings. The lowest BCUT2D eigenvalue weighted by Gasteiger charge is -2.03. The molecule has 0 aliphatic heterocycles. The second-order valence-corrected chi connectivity index (χ2v) is 6.16. The van der Waals surface area contributed by atoms with E-state index >= 15 is 0 Å². The summed E-state index contributed by atoms with van der Waals surface area (Å²) in [6.07, 6.45) is 3.18. The molecule has 2 aromatic heterocycles. The fourth-order valence-electron chi connectivity index (χ4n) is 2.00. The Hall–Kier alpha value is -1.01. The molecule has 98 valence electrons. The molecule has 0 bridgehead atoms. The van der Waals surface area contributed by atoms with Crippen molar-refractivity contribution >= 4 is 23.6 Å². The number of hydrogen-bond donors (Lipinski definition) is 1. The molecule has 0 atom stereocenters. The van der Waals surface area contributed by atoms with Crippen molar-refractivity contribution in [3.05, 3.63) is 25.9 Å². The Morgan fingerprint density at radius 1 is 1.39 bits per heavy atom. The zero-order valence-corrected chi connectivity index (χ0v) is 12.6. The van der Waals surface area contributed by atoms with Crippen LogP contribution in [-0.2, 0) is 13.0 Å². The van der Waals surface area contributed by atoms with E-state index in [1.54, 1.807) is 0 Å². The zero-order valence-electron chi connectivity index (χ0n) is 11.0. The highest BCUT2D eigenvalue weighted by molar-refractivity contribution is 7.73. The van der Waals surface area contributed by atoms with Crippen molar-refractivity contribution in [1.29, 1.82) is 0 Å². The molecule has 2 rings (SSSR count). The van der Waals surface area contributed by atoms with Crippen molar-refractivity contribution in [2.75, 3.05) is 0 Å². The van der Waals surface area contributed by atoms with Gasteiger partial charge in [-0.25, -0.2) is 0 Å². The third kappa shape index (κ3) is 2.87. The monoisotopic (exact) mass is 282 g/mol. The largest absolute Gasteiger partial charge is 0.269 e. The molecule has 2 heterocycles. The lowest BCUT2D eigenvalue weighted by atomic mass is 10.1. The third-order valence-corrected chi connectivity index (χ3v) is 4.15. The summed E-state index contributed by atoms with van der Waals surface area (Å²) in [6, 6.07) is 0. The minimum atomic E-state index is 0.735. The summed E-state index contributed by atoms with van der Waals surface area (Å²) in [5.41, 5.74) is 3.63. The molecule has 2 aromatic rings. The van der Waals surface area contributed by atoms with Gasteiger partial charge in [-0.15, -0.1) is 0 Å². The predicted molar refractivity (Wildman–Crippen MR) is 76.7 cm³/mol. The van der Waals surface area contributed by atoms with Crippen molar-refractivity contribution in [3.8, 4) is 0 Å². The van der Waals surface area contributed by atoms with E-state index in [4.69, 9.17) is 12.2 Å². The standard InChI is InChI=1S/C12H18N4S2/c1-4-5-6-16-9(3)10(8(2)15-16)7-11-13-14-12(17)18-11/h4-7H2,1-3H3,(H,14,17). The normalized spacial score (nSPS) is 11.1. The summed E-state index contributed by atoms with van der Waals surface area (Å²) < 4.78 is 2.85. The molecule has 0 unspecified atom stereocenters.